The zero-order valence-electron chi connectivity index (χ0n) is 19.5. The van der Waals surface area contributed by atoms with Crippen LogP contribution in [0.2, 0.25) is 0 Å². The third-order valence-electron chi connectivity index (χ3n) is 6.15. The minimum Gasteiger partial charge on any atom is -0.496 e. The first-order valence-electron chi connectivity index (χ1n) is 11.1. The van der Waals surface area contributed by atoms with Gasteiger partial charge >= 0.3 is 0 Å². The number of pyridine rings is 1. The van der Waals surface area contributed by atoms with Crippen molar-refractivity contribution in [1.82, 2.24) is 9.61 Å². The summed E-state index contributed by atoms with van der Waals surface area (Å²) in [6, 6.07) is 10.4. The molecule has 1 fully saturated rings. The molecule has 0 radical (unpaired) electrons. The maximum atomic E-state index is 10.7. The molecular formula is C25H33N3O3S. The van der Waals surface area contributed by atoms with Crippen LogP contribution in [0.1, 0.15) is 30.4 Å². The molecule has 6 nitrogen and oxygen atoms in total. The average Bonchev–Trinajstić information content (AvgIpc) is 3.52. The summed E-state index contributed by atoms with van der Waals surface area (Å²) >= 11 is 1.60. The van der Waals surface area contributed by atoms with E-state index in [-0.39, 0.29) is 6.04 Å². The third kappa shape index (κ3) is 4.60. The molecule has 0 bridgehead atoms. The van der Waals surface area contributed by atoms with Crippen molar-refractivity contribution in [2.24, 2.45) is 5.92 Å². The Labute approximate surface area is 194 Å². The first kappa shape index (κ1) is 23.0. The standard InChI is InChI=1S/C25H33N3O3S/c1-15-11-16(2)23(22(12-15)31-4)19-7-6-8-20-24(25(32-5)27-28(19)20)26-18(13-17-9-10-17)21(29)14-30-3/h6-8,11-12,17-18,21,26,29H,9-10,13-14H2,1-5H3/t18?,21-/m1/s1. The van der Waals surface area contributed by atoms with Crippen LogP contribution >= 0.6 is 11.8 Å². The van der Waals surface area contributed by atoms with E-state index in [2.05, 4.69) is 49.5 Å². The van der Waals surface area contributed by atoms with Gasteiger partial charge in [-0.05, 0) is 61.8 Å². The zero-order valence-corrected chi connectivity index (χ0v) is 20.3. The molecule has 2 N–H and O–H groups in total. The molecule has 2 heterocycles. The summed E-state index contributed by atoms with van der Waals surface area (Å²) in [5.74, 6) is 1.52. The minimum absolute atomic E-state index is 0.0827. The largest absolute Gasteiger partial charge is 0.496 e. The van der Waals surface area contributed by atoms with Crippen LogP contribution in [0, 0.1) is 19.8 Å². The SMILES string of the molecule is COC[C@@H](O)C(CC1CC1)Nc1c(SC)nn2c(-c3c(C)cc(C)cc3OC)cccc12. The van der Waals surface area contributed by atoms with Crippen molar-refractivity contribution in [3.05, 3.63) is 41.5 Å². The van der Waals surface area contributed by atoms with E-state index >= 15 is 0 Å². The lowest BCUT2D eigenvalue weighted by Crippen LogP contribution is -2.37. The summed E-state index contributed by atoms with van der Waals surface area (Å²) in [4.78, 5) is 0. The molecule has 32 heavy (non-hydrogen) atoms. The fourth-order valence-electron chi connectivity index (χ4n) is 4.43. The molecule has 1 aliphatic carbocycles. The molecule has 2 aromatic heterocycles. The summed E-state index contributed by atoms with van der Waals surface area (Å²) < 4.78 is 13.0. The number of nitrogens with zero attached hydrogens (tertiary/aromatic N) is 2. The van der Waals surface area contributed by atoms with Crippen molar-refractivity contribution in [2.75, 3.05) is 32.4 Å². The molecule has 1 aromatic carbocycles. The monoisotopic (exact) mass is 455 g/mol. The van der Waals surface area contributed by atoms with Crippen molar-refractivity contribution in [1.29, 1.82) is 0 Å². The number of ether oxygens (including phenoxy) is 2. The molecule has 0 aliphatic heterocycles. The quantitative estimate of drug-likeness (QED) is 0.422. The molecule has 0 amide bonds. The van der Waals surface area contributed by atoms with Crippen LogP contribution in [0.4, 0.5) is 5.69 Å². The van der Waals surface area contributed by atoms with Gasteiger partial charge in [-0.1, -0.05) is 25.0 Å². The van der Waals surface area contributed by atoms with Crippen LogP contribution < -0.4 is 10.1 Å². The lowest BCUT2D eigenvalue weighted by Gasteiger charge is -2.25. The Morgan fingerprint density at radius 3 is 2.69 bits per heavy atom. The van der Waals surface area contributed by atoms with Crippen LogP contribution in [0.25, 0.3) is 16.8 Å². The molecule has 3 aromatic rings. The number of aliphatic hydroxyl groups excluding tert-OH is 1. The van der Waals surface area contributed by atoms with Gasteiger partial charge in [0.1, 0.15) is 10.8 Å². The lowest BCUT2D eigenvalue weighted by atomic mass is 10.0. The van der Waals surface area contributed by atoms with Crippen LogP contribution in [0.15, 0.2) is 35.4 Å². The summed E-state index contributed by atoms with van der Waals surface area (Å²) in [5.41, 5.74) is 6.28. The van der Waals surface area contributed by atoms with Gasteiger partial charge in [-0.15, -0.1) is 11.8 Å². The maximum absolute atomic E-state index is 10.7. The lowest BCUT2D eigenvalue weighted by molar-refractivity contribution is 0.0494. The summed E-state index contributed by atoms with van der Waals surface area (Å²) in [5, 5.41) is 20.2. The molecule has 172 valence electrons. The fourth-order valence-corrected chi connectivity index (χ4v) is 4.96. The van der Waals surface area contributed by atoms with E-state index in [9.17, 15) is 5.11 Å². The number of aromatic nitrogens is 2. The highest BCUT2D eigenvalue weighted by atomic mass is 32.2. The van der Waals surface area contributed by atoms with Crippen molar-refractivity contribution >= 4 is 23.0 Å². The topological polar surface area (TPSA) is 68.0 Å². The zero-order chi connectivity index (χ0) is 22.8. The molecule has 2 atom stereocenters. The number of aliphatic hydroxyl groups is 1. The number of hydrogen-bond acceptors (Lipinski definition) is 6. The Morgan fingerprint density at radius 2 is 2.03 bits per heavy atom. The highest BCUT2D eigenvalue weighted by Gasteiger charge is 2.31. The van der Waals surface area contributed by atoms with E-state index in [0.29, 0.717) is 12.5 Å². The Kier molecular flexibility index (Phi) is 6.98. The van der Waals surface area contributed by atoms with Gasteiger partial charge in [0, 0.05) is 12.7 Å². The van der Waals surface area contributed by atoms with Crippen molar-refractivity contribution in [3.63, 3.8) is 0 Å². The van der Waals surface area contributed by atoms with Gasteiger partial charge in [0.05, 0.1) is 42.8 Å². The highest BCUT2D eigenvalue weighted by Crippen LogP contribution is 2.39. The third-order valence-corrected chi connectivity index (χ3v) is 6.83. The second-order valence-corrected chi connectivity index (χ2v) is 9.50. The molecule has 4 rings (SSSR count). The summed E-state index contributed by atoms with van der Waals surface area (Å²) in [7, 11) is 3.34. The van der Waals surface area contributed by atoms with Crippen LogP contribution in [0.5, 0.6) is 5.75 Å². The van der Waals surface area contributed by atoms with Gasteiger partial charge in [0.2, 0.25) is 0 Å². The Hall–Kier alpha value is -2.22. The second kappa shape index (κ2) is 9.73. The van der Waals surface area contributed by atoms with Gasteiger partial charge in [-0.25, -0.2) is 4.52 Å². The van der Waals surface area contributed by atoms with E-state index in [4.69, 9.17) is 14.6 Å². The van der Waals surface area contributed by atoms with Crippen LogP contribution in [-0.2, 0) is 4.74 Å². The average molecular weight is 456 g/mol. The number of hydrogen-bond donors (Lipinski definition) is 2. The van der Waals surface area contributed by atoms with Crippen molar-refractivity contribution in [3.8, 4) is 17.0 Å². The predicted octanol–water partition coefficient (Wildman–Crippen LogP) is 4.94. The first-order chi connectivity index (χ1) is 15.5. The van der Waals surface area contributed by atoms with Crippen molar-refractivity contribution in [2.45, 2.75) is 50.3 Å². The smallest absolute Gasteiger partial charge is 0.142 e. The molecule has 1 unspecified atom stereocenters. The number of rotatable bonds is 10. The van der Waals surface area contributed by atoms with E-state index in [1.165, 1.54) is 12.8 Å². The van der Waals surface area contributed by atoms with Crippen molar-refractivity contribution < 1.29 is 14.6 Å². The van der Waals surface area contributed by atoms with Crippen LogP contribution in [0.3, 0.4) is 0 Å². The molecule has 1 saturated carbocycles. The second-order valence-electron chi connectivity index (χ2n) is 8.70. The number of fused-ring (bicyclic) bond motifs is 1. The van der Waals surface area contributed by atoms with E-state index in [1.807, 2.05) is 10.8 Å². The Morgan fingerprint density at radius 1 is 1.25 bits per heavy atom. The van der Waals surface area contributed by atoms with E-state index in [1.54, 1.807) is 26.0 Å². The first-order valence-corrected chi connectivity index (χ1v) is 12.3. The molecular weight excluding hydrogens is 422 g/mol. The fraction of sp³-hybridized carbons (Fsp3) is 0.480. The molecule has 0 saturated heterocycles. The Bertz CT molecular complexity index is 1090. The van der Waals surface area contributed by atoms with Gasteiger partial charge in [-0.2, -0.15) is 5.10 Å². The number of methoxy groups -OCH3 is 2. The summed E-state index contributed by atoms with van der Waals surface area (Å²) in [6.45, 7) is 4.49. The predicted molar refractivity (Wildman–Crippen MR) is 131 cm³/mol. The van der Waals surface area contributed by atoms with Gasteiger partial charge in [0.25, 0.3) is 0 Å². The minimum atomic E-state index is -0.576. The van der Waals surface area contributed by atoms with E-state index < -0.39 is 6.10 Å². The van der Waals surface area contributed by atoms with Crippen LogP contribution in [-0.4, -0.2) is 53.9 Å². The number of thioether (sulfide) groups is 1. The molecule has 7 heteroatoms. The highest BCUT2D eigenvalue weighted by molar-refractivity contribution is 7.98. The molecule has 1 aliphatic rings. The molecule has 0 spiro atoms. The van der Waals surface area contributed by atoms with Gasteiger partial charge < -0.3 is 19.9 Å². The summed E-state index contributed by atoms with van der Waals surface area (Å²) in [6.07, 6.45) is 4.86. The van der Waals surface area contributed by atoms with Gasteiger partial charge in [-0.3, -0.25) is 0 Å². The maximum Gasteiger partial charge on any atom is 0.142 e. The number of aryl methyl sites for hydroxylation is 2. The number of anilines is 1. The number of benzene rings is 1. The number of nitrogens with one attached hydrogen (secondary N) is 1. The normalized spacial score (nSPS) is 15.7. The van der Waals surface area contributed by atoms with E-state index in [0.717, 1.165) is 50.8 Å². The van der Waals surface area contributed by atoms with Gasteiger partial charge in [0.15, 0.2) is 0 Å². The Balaban J connectivity index is 1.81.